The number of carbonyl (C=O) groups excluding carboxylic acids is 2. The second kappa shape index (κ2) is 1.80. The Morgan fingerprint density at radius 3 is 2.91 bits per heavy atom. The minimum absolute atomic E-state index is 0.0646. The highest BCUT2D eigenvalue weighted by molar-refractivity contribution is 6.42. The molecule has 2 fully saturated rings. The number of hydrogen-bond donors (Lipinski definition) is 0. The molecule has 2 rings (SSSR count). The van der Waals surface area contributed by atoms with Gasteiger partial charge in [0, 0.05) is 6.42 Å². The van der Waals surface area contributed by atoms with Crippen LogP contribution < -0.4 is 0 Å². The van der Waals surface area contributed by atoms with Gasteiger partial charge in [-0.2, -0.15) is 0 Å². The zero-order valence-corrected chi connectivity index (χ0v) is 6.00. The topological polar surface area (TPSA) is 46.7 Å². The maximum atomic E-state index is 11.2. The number of epoxide rings is 1. The molecule has 58 valence electrons. The first-order valence-corrected chi connectivity index (χ1v) is 3.60. The molecular formula is C8H8O3. The summed E-state index contributed by atoms with van der Waals surface area (Å²) in [4.78, 5) is 22.1. The average molecular weight is 152 g/mol. The second-order valence-electron chi connectivity index (χ2n) is 2.89. The van der Waals surface area contributed by atoms with Crippen LogP contribution in [0.25, 0.3) is 0 Å². The van der Waals surface area contributed by atoms with Crippen LogP contribution in [0.5, 0.6) is 0 Å². The number of Topliss-reactive ketones (excluding diaryl/α,β-unsaturated/α-hetero) is 2. The standard InChI is InChI=1S/C8H8O3/c1-2-8-6(11-8)4-3-5(9)7(8)10/h2,6H,1,3-4H2. The van der Waals surface area contributed by atoms with Crippen molar-refractivity contribution in [2.24, 2.45) is 0 Å². The summed E-state index contributed by atoms with van der Waals surface area (Å²) in [5.74, 6) is -0.734. The number of hydrogen-bond acceptors (Lipinski definition) is 3. The van der Waals surface area contributed by atoms with Crippen molar-refractivity contribution in [1.82, 2.24) is 0 Å². The van der Waals surface area contributed by atoms with E-state index in [4.69, 9.17) is 4.74 Å². The molecule has 1 saturated carbocycles. The van der Waals surface area contributed by atoms with Gasteiger partial charge in [0.15, 0.2) is 5.60 Å². The molecule has 2 atom stereocenters. The summed E-state index contributed by atoms with van der Waals surface area (Å²) in [6.45, 7) is 3.48. The average Bonchev–Trinajstić information content (AvgIpc) is 2.73. The number of carbonyl (C=O) groups is 2. The lowest BCUT2D eigenvalue weighted by molar-refractivity contribution is -0.139. The number of fused-ring (bicyclic) bond motifs is 1. The van der Waals surface area contributed by atoms with Gasteiger partial charge in [0.05, 0.1) is 0 Å². The summed E-state index contributed by atoms with van der Waals surface area (Å²) in [5, 5.41) is 0. The van der Waals surface area contributed by atoms with Crippen LogP contribution in [0.1, 0.15) is 12.8 Å². The summed E-state index contributed by atoms with van der Waals surface area (Å²) in [6.07, 6.45) is 2.37. The molecule has 0 aromatic carbocycles. The van der Waals surface area contributed by atoms with Crippen LogP contribution in [-0.4, -0.2) is 23.3 Å². The lowest BCUT2D eigenvalue weighted by Crippen LogP contribution is -2.36. The van der Waals surface area contributed by atoms with Crippen molar-refractivity contribution in [3.8, 4) is 0 Å². The maximum absolute atomic E-state index is 11.2. The SMILES string of the molecule is C=CC12OC1CCC(=O)C2=O. The second-order valence-corrected chi connectivity index (χ2v) is 2.89. The molecule has 3 heteroatoms. The highest BCUT2D eigenvalue weighted by Crippen LogP contribution is 2.44. The highest BCUT2D eigenvalue weighted by Gasteiger charge is 2.63. The normalized spacial score (nSPS) is 41.6. The Bertz CT molecular complexity index is 256. The molecule has 3 nitrogen and oxygen atoms in total. The van der Waals surface area contributed by atoms with Gasteiger partial charge in [0.25, 0.3) is 0 Å². The molecule has 0 spiro atoms. The van der Waals surface area contributed by atoms with Crippen LogP contribution in [0.4, 0.5) is 0 Å². The van der Waals surface area contributed by atoms with E-state index in [-0.39, 0.29) is 11.9 Å². The molecule has 2 unspecified atom stereocenters. The van der Waals surface area contributed by atoms with Gasteiger partial charge in [-0.1, -0.05) is 6.58 Å². The molecular weight excluding hydrogens is 144 g/mol. The zero-order chi connectivity index (χ0) is 8.06. The van der Waals surface area contributed by atoms with Crippen molar-refractivity contribution < 1.29 is 14.3 Å². The smallest absolute Gasteiger partial charge is 0.236 e. The Labute approximate surface area is 64.0 Å². The van der Waals surface area contributed by atoms with E-state index >= 15 is 0 Å². The molecule has 0 aromatic rings. The molecule has 0 aromatic heterocycles. The predicted molar refractivity (Wildman–Crippen MR) is 37.0 cm³/mol. The summed E-state index contributed by atoms with van der Waals surface area (Å²) < 4.78 is 5.11. The molecule has 2 aliphatic rings. The maximum Gasteiger partial charge on any atom is 0.236 e. The molecule has 1 aliphatic heterocycles. The molecule has 0 radical (unpaired) electrons. The van der Waals surface area contributed by atoms with Crippen LogP contribution in [-0.2, 0) is 14.3 Å². The van der Waals surface area contributed by atoms with E-state index in [1.54, 1.807) is 0 Å². The first-order valence-electron chi connectivity index (χ1n) is 3.60. The fourth-order valence-corrected chi connectivity index (χ4v) is 1.54. The van der Waals surface area contributed by atoms with Gasteiger partial charge in [0.2, 0.25) is 11.6 Å². The quantitative estimate of drug-likeness (QED) is 0.307. The third-order valence-electron chi connectivity index (χ3n) is 2.30. The van der Waals surface area contributed by atoms with E-state index in [0.29, 0.717) is 12.8 Å². The van der Waals surface area contributed by atoms with Gasteiger partial charge >= 0.3 is 0 Å². The van der Waals surface area contributed by atoms with E-state index in [9.17, 15) is 9.59 Å². The first-order chi connectivity index (χ1) is 5.20. The third-order valence-corrected chi connectivity index (χ3v) is 2.30. The van der Waals surface area contributed by atoms with Crippen LogP contribution in [0.15, 0.2) is 12.7 Å². The largest absolute Gasteiger partial charge is 0.353 e. The molecule has 0 N–H and O–H groups in total. The summed E-state index contributed by atoms with van der Waals surface area (Å²) >= 11 is 0. The van der Waals surface area contributed by atoms with Gasteiger partial charge in [-0.25, -0.2) is 0 Å². The Morgan fingerprint density at radius 2 is 2.36 bits per heavy atom. The molecule has 0 bridgehead atoms. The molecule has 1 aliphatic carbocycles. The number of ketones is 2. The lowest BCUT2D eigenvalue weighted by Gasteiger charge is -2.09. The minimum atomic E-state index is -0.907. The van der Waals surface area contributed by atoms with E-state index in [1.807, 2.05) is 0 Å². The van der Waals surface area contributed by atoms with E-state index in [2.05, 4.69) is 6.58 Å². The van der Waals surface area contributed by atoms with Gasteiger partial charge in [-0.15, -0.1) is 0 Å². The van der Waals surface area contributed by atoms with Crippen molar-refractivity contribution >= 4 is 11.6 Å². The predicted octanol–water partition coefficient (Wildman–Crippen LogP) is 0.242. The van der Waals surface area contributed by atoms with Crippen molar-refractivity contribution in [2.75, 3.05) is 0 Å². The van der Waals surface area contributed by atoms with Crippen molar-refractivity contribution in [1.29, 1.82) is 0 Å². The van der Waals surface area contributed by atoms with Crippen LogP contribution in [0, 0.1) is 0 Å². The van der Waals surface area contributed by atoms with Crippen LogP contribution >= 0.6 is 0 Å². The monoisotopic (exact) mass is 152 g/mol. The van der Waals surface area contributed by atoms with Crippen molar-refractivity contribution in [2.45, 2.75) is 24.5 Å². The minimum Gasteiger partial charge on any atom is -0.353 e. The Hall–Kier alpha value is -0.960. The Morgan fingerprint density at radius 1 is 1.64 bits per heavy atom. The fraction of sp³-hybridized carbons (Fsp3) is 0.500. The van der Waals surface area contributed by atoms with Gasteiger partial charge < -0.3 is 4.74 Å². The number of rotatable bonds is 1. The summed E-state index contributed by atoms with van der Waals surface area (Å²) in [5.41, 5.74) is -0.907. The fourth-order valence-electron chi connectivity index (χ4n) is 1.54. The number of ether oxygens (including phenoxy) is 1. The highest BCUT2D eigenvalue weighted by atomic mass is 16.6. The molecule has 11 heavy (non-hydrogen) atoms. The third kappa shape index (κ3) is 0.661. The Balaban J connectivity index is 2.32. The summed E-state index contributed by atoms with van der Waals surface area (Å²) in [6, 6.07) is 0. The molecule has 1 heterocycles. The van der Waals surface area contributed by atoms with Crippen molar-refractivity contribution in [3.05, 3.63) is 12.7 Å². The van der Waals surface area contributed by atoms with Gasteiger partial charge in [-0.05, 0) is 12.5 Å². The van der Waals surface area contributed by atoms with Crippen molar-refractivity contribution in [3.63, 3.8) is 0 Å². The van der Waals surface area contributed by atoms with E-state index < -0.39 is 11.4 Å². The zero-order valence-electron chi connectivity index (χ0n) is 6.00. The van der Waals surface area contributed by atoms with E-state index in [0.717, 1.165) is 0 Å². The van der Waals surface area contributed by atoms with Gasteiger partial charge in [0.1, 0.15) is 6.10 Å². The molecule has 0 amide bonds. The molecule has 1 saturated heterocycles. The lowest BCUT2D eigenvalue weighted by atomic mass is 9.87. The van der Waals surface area contributed by atoms with E-state index in [1.165, 1.54) is 6.08 Å². The van der Waals surface area contributed by atoms with Crippen LogP contribution in [0.3, 0.4) is 0 Å². The van der Waals surface area contributed by atoms with Crippen LogP contribution in [0.2, 0.25) is 0 Å². The summed E-state index contributed by atoms with van der Waals surface area (Å²) in [7, 11) is 0. The Kier molecular flexibility index (Phi) is 1.10. The first kappa shape index (κ1) is 6.73. The van der Waals surface area contributed by atoms with Gasteiger partial charge in [-0.3, -0.25) is 9.59 Å².